The van der Waals surface area contributed by atoms with Crippen molar-refractivity contribution in [3.63, 3.8) is 0 Å². The van der Waals surface area contributed by atoms with Crippen LogP contribution in [0.2, 0.25) is 0 Å². The molecule has 2 aromatic rings. The van der Waals surface area contributed by atoms with E-state index >= 15 is 0 Å². The van der Waals surface area contributed by atoms with E-state index in [1.807, 2.05) is 0 Å². The minimum Gasteiger partial charge on any atom is -0.372 e. The first-order valence-electron chi connectivity index (χ1n) is 13.7. The number of benzene rings is 2. The largest absolute Gasteiger partial charge is 0.372 e. The summed E-state index contributed by atoms with van der Waals surface area (Å²) in [5.41, 5.74) is 2.69. The molecule has 0 N–H and O–H groups in total. The van der Waals surface area contributed by atoms with E-state index in [0.717, 1.165) is 17.9 Å². The van der Waals surface area contributed by atoms with Gasteiger partial charge >= 0.3 is 0 Å². The van der Waals surface area contributed by atoms with Crippen molar-refractivity contribution < 1.29 is 4.74 Å². The Labute approximate surface area is 199 Å². The van der Waals surface area contributed by atoms with E-state index in [2.05, 4.69) is 70.5 Å². The number of para-hydroxylation sites is 2. The SMILES string of the molecule is c1ccc(N(c2ccccc2)C2CCC3C(C2)C2CCCC4OC5CCCCC5N3C42)cc1. The fourth-order valence-corrected chi connectivity index (χ4v) is 8.67. The number of ether oxygens (including phenoxy) is 1. The predicted molar refractivity (Wildman–Crippen MR) is 134 cm³/mol. The zero-order valence-electron chi connectivity index (χ0n) is 19.8. The second-order valence-electron chi connectivity index (χ2n) is 11.3. The topological polar surface area (TPSA) is 15.7 Å². The van der Waals surface area contributed by atoms with Crippen LogP contribution in [-0.2, 0) is 4.74 Å². The summed E-state index contributed by atoms with van der Waals surface area (Å²) in [6.07, 6.45) is 14.5. The van der Waals surface area contributed by atoms with E-state index < -0.39 is 0 Å². The van der Waals surface area contributed by atoms with Crippen molar-refractivity contribution >= 4 is 11.4 Å². The average molecular weight is 443 g/mol. The molecule has 3 heteroatoms. The number of morpholine rings is 1. The van der Waals surface area contributed by atoms with Gasteiger partial charge in [-0.15, -0.1) is 0 Å². The number of anilines is 2. The van der Waals surface area contributed by atoms with Gasteiger partial charge < -0.3 is 9.64 Å². The molecule has 3 saturated carbocycles. The molecule has 7 rings (SSSR count). The van der Waals surface area contributed by atoms with Crippen LogP contribution in [0.1, 0.15) is 64.2 Å². The molecule has 2 aromatic carbocycles. The molecule has 0 bridgehead atoms. The molecule has 2 heterocycles. The maximum absolute atomic E-state index is 6.84. The Kier molecular flexibility index (Phi) is 5.24. The zero-order chi connectivity index (χ0) is 21.8. The monoisotopic (exact) mass is 442 g/mol. The van der Waals surface area contributed by atoms with E-state index in [0.29, 0.717) is 30.3 Å². The van der Waals surface area contributed by atoms with E-state index in [1.165, 1.54) is 75.6 Å². The van der Waals surface area contributed by atoms with E-state index in [-0.39, 0.29) is 0 Å². The molecule has 0 radical (unpaired) electrons. The van der Waals surface area contributed by atoms with Crippen molar-refractivity contribution in [3.8, 4) is 0 Å². The number of hydrogen-bond donors (Lipinski definition) is 0. The van der Waals surface area contributed by atoms with Gasteiger partial charge in [0.15, 0.2) is 0 Å². The maximum atomic E-state index is 6.84. The van der Waals surface area contributed by atoms with Crippen molar-refractivity contribution in [3.05, 3.63) is 60.7 Å². The van der Waals surface area contributed by atoms with Crippen molar-refractivity contribution in [2.75, 3.05) is 4.90 Å². The summed E-state index contributed by atoms with van der Waals surface area (Å²) in [7, 11) is 0. The first-order valence-corrected chi connectivity index (χ1v) is 13.7. The lowest BCUT2D eigenvalue weighted by atomic mass is 9.71. The van der Waals surface area contributed by atoms with Crippen molar-refractivity contribution in [2.45, 2.75) is 101 Å². The van der Waals surface area contributed by atoms with Gasteiger partial charge in [0, 0.05) is 35.5 Å². The molecule has 174 valence electrons. The molecular weight excluding hydrogens is 404 g/mol. The summed E-state index contributed by atoms with van der Waals surface area (Å²) in [6, 6.07) is 25.0. The summed E-state index contributed by atoms with van der Waals surface area (Å²) in [5.74, 6) is 1.67. The van der Waals surface area contributed by atoms with E-state index in [4.69, 9.17) is 4.74 Å². The first-order chi connectivity index (χ1) is 16.4. The van der Waals surface area contributed by atoms with Crippen LogP contribution in [0.25, 0.3) is 0 Å². The van der Waals surface area contributed by atoms with Crippen LogP contribution in [0.4, 0.5) is 11.4 Å². The Balaban J connectivity index is 1.22. The summed E-state index contributed by atoms with van der Waals surface area (Å²) in [6.45, 7) is 0. The maximum Gasteiger partial charge on any atom is 0.0737 e. The Morgan fingerprint density at radius 2 is 1.33 bits per heavy atom. The minimum absolute atomic E-state index is 0.506. The van der Waals surface area contributed by atoms with E-state index in [1.54, 1.807) is 0 Å². The van der Waals surface area contributed by atoms with Crippen LogP contribution in [0.5, 0.6) is 0 Å². The van der Waals surface area contributed by atoms with Crippen LogP contribution < -0.4 is 4.90 Å². The third kappa shape index (κ3) is 3.38. The molecule has 0 amide bonds. The Morgan fingerprint density at radius 3 is 2.09 bits per heavy atom. The van der Waals surface area contributed by atoms with Gasteiger partial charge in [0.25, 0.3) is 0 Å². The number of nitrogens with zero attached hydrogens (tertiary/aromatic N) is 2. The molecule has 3 nitrogen and oxygen atoms in total. The highest BCUT2D eigenvalue weighted by Gasteiger charge is 2.60. The van der Waals surface area contributed by atoms with Gasteiger partial charge in [-0.2, -0.15) is 0 Å². The van der Waals surface area contributed by atoms with Crippen molar-refractivity contribution in [1.29, 1.82) is 0 Å². The van der Waals surface area contributed by atoms with Crippen LogP contribution in [0.3, 0.4) is 0 Å². The second kappa shape index (κ2) is 8.43. The molecule has 5 aliphatic rings. The Morgan fingerprint density at radius 1 is 0.636 bits per heavy atom. The van der Waals surface area contributed by atoms with Crippen molar-refractivity contribution in [2.24, 2.45) is 11.8 Å². The third-order valence-electron chi connectivity index (χ3n) is 9.79. The first kappa shape index (κ1) is 20.5. The molecular formula is C30H38N2O. The molecule has 8 atom stereocenters. The molecule has 2 aliphatic heterocycles. The summed E-state index contributed by atoms with van der Waals surface area (Å²) in [5, 5.41) is 0. The van der Waals surface area contributed by atoms with Gasteiger partial charge in [-0.05, 0) is 81.0 Å². The number of fused-ring (bicyclic) bond motifs is 5. The highest BCUT2D eigenvalue weighted by Crippen LogP contribution is 2.55. The quantitative estimate of drug-likeness (QED) is 0.536. The van der Waals surface area contributed by atoms with Gasteiger partial charge in [0.1, 0.15) is 0 Å². The van der Waals surface area contributed by atoms with Gasteiger partial charge in [-0.1, -0.05) is 55.7 Å². The summed E-state index contributed by atoms with van der Waals surface area (Å²) >= 11 is 0. The predicted octanol–water partition coefficient (Wildman–Crippen LogP) is 6.56. The smallest absolute Gasteiger partial charge is 0.0737 e. The lowest BCUT2D eigenvalue weighted by Gasteiger charge is -2.53. The summed E-state index contributed by atoms with van der Waals surface area (Å²) in [4.78, 5) is 5.74. The van der Waals surface area contributed by atoms with Crippen molar-refractivity contribution in [1.82, 2.24) is 4.90 Å². The highest BCUT2D eigenvalue weighted by molar-refractivity contribution is 5.64. The number of hydrogen-bond acceptors (Lipinski definition) is 3. The molecule has 0 aromatic heterocycles. The van der Waals surface area contributed by atoms with Crippen LogP contribution in [0, 0.1) is 11.8 Å². The highest BCUT2D eigenvalue weighted by atomic mass is 16.5. The van der Waals surface area contributed by atoms with Gasteiger partial charge in [-0.3, -0.25) is 4.90 Å². The van der Waals surface area contributed by atoms with Gasteiger partial charge in [-0.25, -0.2) is 0 Å². The van der Waals surface area contributed by atoms with Crippen LogP contribution in [0.15, 0.2) is 60.7 Å². The van der Waals surface area contributed by atoms with E-state index in [9.17, 15) is 0 Å². The molecule has 33 heavy (non-hydrogen) atoms. The molecule has 8 unspecified atom stereocenters. The fraction of sp³-hybridized carbons (Fsp3) is 0.600. The van der Waals surface area contributed by atoms with Gasteiger partial charge in [0.2, 0.25) is 0 Å². The normalized spacial score (nSPS) is 39.9. The van der Waals surface area contributed by atoms with Gasteiger partial charge in [0.05, 0.1) is 12.2 Å². The third-order valence-corrected chi connectivity index (χ3v) is 9.79. The average Bonchev–Trinajstić information content (AvgIpc) is 3.21. The zero-order valence-corrected chi connectivity index (χ0v) is 19.8. The standard InChI is InChI=1S/C30H38N2O/c1-3-10-21(11-4-1)31(22-12-5-2-6-13-22)23-18-19-26-25(20-23)24-14-9-17-29-30(24)32(26)27-15-7-8-16-28(27)33-29/h1-6,10-13,23-30H,7-9,14-20H2. The van der Waals surface area contributed by atoms with Crippen LogP contribution >= 0.6 is 0 Å². The number of rotatable bonds is 3. The molecule has 3 aliphatic carbocycles. The molecule has 0 spiro atoms. The Hall–Kier alpha value is -1.84. The Bertz CT molecular complexity index is 909. The fourth-order valence-electron chi connectivity index (χ4n) is 8.67. The lowest BCUT2D eigenvalue weighted by molar-refractivity contribution is -0.177. The molecule has 5 fully saturated rings. The minimum atomic E-state index is 0.506. The summed E-state index contributed by atoms with van der Waals surface area (Å²) < 4.78 is 6.84. The lowest BCUT2D eigenvalue weighted by Crippen LogP contribution is -2.63. The van der Waals surface area contributed by atoms with Crippen LogP contribution in [-0.4, -0.2) is 41.3 Å². The molecule has 2 saturated heterocycles. The second-order valence-corrected chi connectivity index (χ2v) is 11.3.